The molecule has 0 aromatic heterocycles. The van der Waals surface area contributed by atoms with Crippen molar-refractivity contribution in [3.05, 3.63) is 34.8 Å². The van der Waals surface area contributed by atoms with Crippen LogP contribution in [0.15, 0.2) is 17.6 Å². The standard InChI is InChI=1S/C16H23BF2N2O2/c1-15(2)16(3,4)23-17(22-15)11(9-21-5)8-10-6-7-12(20)14(19)13(10)18/h6-8,21H,9,20H2,1-5H3. The third-order valence-electron chi connectivity index (χ3n) is 4.42. The van der Waals surface area contributed by atoms with Gasteiger partial charge in [0.05, 0.1) is 16.9 Å². The van der Waals surface area contributed by atoms with Crippen molar-refractivity contribution in [3.63, 3.8) is 0 Å². The Morgan fingerprint density at radius 2 is 1.74 bits per heavy atom. The Bertz CT molecular complexity index is 617. The van der Waals surface area contributed by atoms with E-state index in [1.165, 1.54) is 18.2 Å². The number of rotatable bonds is 4. The van der Waals surface area contributed by atoms with Crippen LogP contribution in [0, 0.1) is 11.6 Å². The van der Waals surface area contributed by atoms with Gasteiger partial charge in [-0.1, -0.05) is 6.08 Å². The Labute approximate surface area is 136 Å². The summed E-state index contributed by atoms with van der Waals surface area (Å²) in [6.45, 7) is 8.17. The van der Waals surface area contributed by atoms with Crippen LogP contribution in [0.3, 0.4) is 0 Å². The largest absolute Gasteiger partial charge is 0.491 e. The molecule has 1 fully saturated rings. The minimum atomic E-state index is -1.04. The number of nitrogens with two attached hydrogens (primary N) is 1. The molecule has 0 spiro atoms. The molecule has 0 amide bonds. The van der Waals surface area contributed by atoms with Crippen molar-refractivity contribution >= 4 is 18.9 Å². The average Bonchev–Trinajstić information content (AvgIpc) is 2.67. The molecule has 1 aromatic carbocycles. The Hall–Kier alpha value is -1.44. The van der Waals surface area contributed by atoms with Gasteiger partial charge in [-0.25, -0.2) is 8.78 Å². The summed E-state index contributed by atoms with van der Waals surface area (Å²) in [5, 5.41) is 3.00. The Kier molecular flexibility index (Phi) is 4.85. The van der Waals surface area contributed by atoms with E-state index in [1.54, 1.807) is 7.05 Å². The first-order valence-electron chi connectivity index (χ1n) is 7.53. The first-order chi connectivity index (χ1) is 10.6. The molecule has 7 heteroatoms. The molecule has 1 aromatic rings. The molecule has 2 rings (SSSR count). The van der Waals surface area contributed by atoms with E-state index in [0.29, 0.717) is 12.0 Å². The van der Waals surface area contributed by atoms with Gasteiger partial charge in [-0.15, -0.1) is 0 Å². The van der Waals surface area contributed by atoms with Gasteiger partial charge in [0.1, 0.15) is 0 Å². The van der Waals surface area contributed by atoms with Gasteiger partial charge in [0.25, 0.3) is 0 Å². The number of nitrogens with one attached hydrogen (secondary N) is 1. The van der Waals surface area contributed by atoms with Gasteiger partial charge in [0.2, 0.25) is 0 Å². The van der Waals surface area contributed by atoms with Crippen molar-refractivity contribution in [3.8, 4) is 0 Å². The number of halogens is 2. The average molecular weight is 324 g/mol. The number of benzene rings is 1. The molecule has 1 aliphatic rings. The normalized spacial score (nSPS) is 20.1. The second-order valence-electron chi connectivity index (χ2n) is 6.71. The Morgan fingerprint density at radius 3 is 2.26 bits per heavy atom. The quantitative estimate of drug-likeness (QED) is 0.660. The lowest BCUT2D eigenvalue weighted by atomic mass is 9.77. The molecule has 0 radical (unpaired) electrons. The fourth-order valence-electron chi connectivity index (χ4n) is 2.29. The second-order valence-corrected chi connectivity index (χ2v) is 6.71. The van der Waals surface area contributed by atoms with Gasteiger partial charge in [-0.2, -0.15) is 0 Å². The summed E-state index contributed by atoms with van der Waals surface area (Å²) < 4.78 is 39.6. The van der Waals surface area contributed by atoms with Crippen LogP contribution in [0.2, 0.25) is 0 Å². The van der Waals surface area contributed by atoms with Gasteiger partial charge in [-0.3, -0.25) is 0 Å². The van der Waals surface area contributed by atoms with Crippen molar-refractivity contribution in [1.29, 1.82) is 0 Å². The molecule has 0 atom stereocenters. The monoisotopic (exact) mass is 324 g/mol. The predicted molar refractivity (Wildman–Crippen MR) is 88.8 cm³/mol. The number of likely N-dealkylation sites (N-methyl/N-ethyl adjacent to an activating group) is 1. The van der Waals surface area contributed by atoms with E-state index in [9.17, 15) is 8.78 Å². The third kappa shape index (κ3) is 3.41. The van der Waals surface area contributed by atoms with Crippen molar-refractivity contribution < 1.29 is 18.1 Å². The molecule has 1 heterocycles. The smallest absolute Gasteiger partial charge is 0.400 e. The number of hydrogen-bond acceptors (Lipinski definition) is 4. The first kappa shape index (κ1) is 17.9. The summed E-state index contributed by atoms with van der Waals surface area (Å²) in [5.41, 5.74) is 4.93. The zero-order valence-electron chi connectivity index (χ0n) is 14.2. The molecule has 0 aliphatic carbocycles. The molecule has 4 nitrogen and oxygen atoms in total. The maximum atomic E-state index is 14.1. The van der Waals surface area contributed by atoms with Gasteiger partial charge in [0, 0.05) is 12.1 Å². The SMILES string of the molecule is CNCC(=Cc1ccc(N)c(F)c1F)B1OC(C)(C)C(C)(C)O1. The second kappa shape index (κ2) is 6.22. The Balaban J connectivity index is 2.38. The van der Waals surface area contributed by atoms with Gasteiger partial charge in [-0.05, 0) is 52.3 Å². The summed E-state index contributed by atoms with van der Waals surface area (Å²) >= 11 is 0. The summed E-state index contributed by atoms with van der Waals surface area (Å²) in [6.07, 6.45) is 1.54. The summed E-state index contributed by atoms with van der Waals surface area (Å²) in [7, 11) is 1.13. The highest BCUT2D eigenvalue weighted by atomic mass is 19.2. The molecule has 0 saturated carbocycles. The Morgan fingerprint density at radius 1 is 1.17 bits per heavy atom. The lowest BCUT2D eigenvalue weighted by molar-refractivity contribution is 0.00578. The minimum absolute atomic E-state index is 0.108. The predicted octanol–water partition coefficient (Wildman–Crippen LogP) is 2.78. The van der Waals surface area contributed by atoms with Gasteiger partial charge >= 0.3 is 7.12 Å². The van der Waals surface area contributed by atoms with Crippen molar-refractivity contribution in [2.24, 2.45) is 0 Å². The first-order valence-corrected chi connectivity index (χ1v) is 7.53. The van der Waals surface area contributed by atoms with E-state index in [1.807, 2.05) is 27.7 Å². The van der Waals surface area contributed by atoms with Gasteiger partial charge in [0.15, 0.2) is 11.6 Å². The lowest BCUT2D eigenvalue weighted by Crippen LogP contribution is -2.41. The van der Waals surface area contributed by atoms with Crippen LogP contribution >= 0.6 is 0 Å². The molecule has 3 N–H and O–H groups in total. The number of nitrogen functional groups attached to an aromatic ring is 1. The molecule has 23 heavy (non-hydrogen) atoms. The van der Waals surface area contributed by atoms with Crippen LogP contribution in [0.4, 0.5) is 14.5 Å². The number of anilines is 1. The summed E-state index contributed by atoms with van der Waals surface area (Å²) in [5.74, 6) is -2.02. The molecular weight excluding hydrogens is 301 g/mol. The van der Waals surface area contributed by atoms with Crippen LogP contribution in [0.25, 0.3) is 6.08 Å². The maximum Gasteiger partial charge on any atom is 0.491 e. The highest BCUT2D eigenvalue weighted by Crippen LogP contribution is 2.38. The fourth-order valence-corrected chi connectivity index (χ4v) is 2.29. The van der Waals surface area contributed by atoms with Crippen molar-refractivity contribution in [2.45, 2.75) is 38.9 Å². The third-order valence-corrected chi connectivity index (χ3v) is 4.42. The van der Waals surface area contributed by atoms with Crippen LogP contribution in [-0.4, -0.2) is 31.9 Å². The van der Waals surface area contributed by atoms with E-state index < -0.39 is 30.0 Å². The van der Waals surface area contributed by atoms with Crippen molar-refractivity contribution in [1.82, 2.24) is 5.32 Å². The highest BCUT2D eigenvalue weighted by molar-refractivity contribution is 6.55. The van der Waals surface area contributed by atoms with E-state index in [-0.39, 0.29) is 11.3 Å². The van der Waals surface area contributed by atoms with E-state index in [4.69, 9.17) is 15.0 Å². The van der Waals surface area contributed by atoms with E-state index >= 15 is 0 Å². The lowest BCUT2D eigenvalue weighted by Gasteiger charge is -2.32. The van der Waals surface area contributed by atoms with E-state index in [2.05, 4.69) is 5.32 Å². The van der Waals surface area contributed by atoms with Crippen LogP contribution in [0.5, 0.6) is 0 Å². The summed E-state index contributed by atoms with van der Waals surface area (Å²) in [4.78, 5) is 0. The topological polar surface area (TPSA) is 56.5 Å². The molecular formula is C16H23BF2N2O2. The fraction of sp³-hybridized carbons (Fsp3) is 0.500. The van der Waals surface area contributed by atoms with Crippen molar-refractivity contribution in [2.75, 3.05) is 19.3 Å². The van der Waals surface area contributed by atoms with Gasteiger partial charge < -0.3 is 20.4 Å². The molecule has 0 unspecified atom stereocenters. The molecule has 126 valence electrons. The zero-order valence-corrected chi connectivity index (χ0v) is 14.2. The van der Waals surface area contributed by atoms with E-state index in [0.717, 1.165) is 0 Å². The highest BCUT2D eigenvalue weighted by Gasteiger charge is 2.52. The molecule has 1 saturated heterocycles. The minimum Gasteiger partial charge on any atom is -0.400 e. The molecule has 0 bridgehead atoms. The summed E-state index contributed by atoms with van der Waals surface area (Å²) in [6, 6.07) is 2.78. The molecule has 1 aliphatic heterocycles. The van der Waals surface area contributed by atoms with Crippen LogP contribution in [0.1, 0.15) is 33.3 Å². The zero-order chi connectivity index (χ0) is 17.4. The van der Waals surface area contributed by atoms with Crippen LogP contribution < -0.4 is 11.1 Å². The maximum absolute atomic E-state index is 14.1. The van der Waals surface area contributed by atoms with Crippen LogP contribution in [-0.2, 0) is 9.31 Å². The number of hydrogen-bond donors (Lipinski definition) is 2.